The molecule has 3 unspecified atom stereocenters. The normalized spacial score (nSPS) is 55.2. The maximum atomic E-state index is 4.73. The van der Waals surface area contributed by atoms with Crippen LogP contribution in [0.2, 0.25) is 0 Å². The van der Waals surface area contributed by atoms with Gasteiger partial charge in [-0.25, -0.2) is 0 Å². The van der Waals surface area contributed by atoms with E-state index in [9.17, 15) is 0 Å². The summed E-state index contributed by atoms with van der Waals surface area (Å²) in [5, 5.41) is 0.533. The molecule has 0 aromatic carbocycles. The van der Waals surface area contributed by atoms with Gasteiger partial charge in [-0.1, -0.05) is 37.6 Å². The molecule has 0 aromatic rings. The Bertz CT molecular complexity index is 352. The molecule has 4 aliphatic carbocycles. The van der Waals surface area contributed by atoms with Crippen LogP contribution in [0.4, 0.5) is 0 Å². The van der Waals surface area contributed by atoms with Gasteiger partial charge in [0, 0.05) is 5.25 Å². The molecule has 0 spiro atoms. The molecule has 2 bridgehead atoms. The Morgan fingerprint density at radius 2 is 2.07 bits per heavy atom. The van der Waals surface area contributed by atoms with Crippen LogP contribution in [-0.2, 0) is 0 Å². The highest BCUT2D eigenvalue weighted by Gasteiger charge is 2.94. The van der Waals surface area contributed by atoms with Crippen molar-refractivity contribution >= 4 is 12.6 Å². The van der Waals surface area contributed by atoms with Gasteiger partial charge >= 0.3 is 0 Å². The van der Waals surface area contributed by atoms with Crippen LogP contribution in [0.3, 0.4) is 0 Å². The summed E-state index contributed by atoms with van der Waals surface area (Å²) in [5.41, 5.74) is 2.97. The highest BCUT2D eigenvalue weighted by molar-refractivity contribution is 7.81. The molecule has 4 aliphatic rings. The van der Waals surface area contributed by atoms with Gasteiger partial charge in [0.1, 0.15) is 0 Å². The van der Waals surface area contributed by atoms with E-state index in [1.54, 1.807) is 5.57 Å². The summed E-state index contributed by atoms with van der Waals surface area (Å²) in [6, 6.07) is 0. The Hall–Kier alpha value is -0.170. The molecule has 0 heterocycles. The van der Waals surface area contributed by atoms with Crippen molar-refractivity contribution in [3.05, 3.63) is 23.8 Å². The molecule has 0 aromatic heterocycles. The van der Waals surface area contributed by atoms with Gasteiger partial charge in [0.2, 0.25) is 0 Å². The molecule has 0 nitrogen and oxygen atoms in total. The number of thiol groups is 1. The first-order valence-electron chi connectivity index (χ1n) is 6.08. The molecule has 1 heteroatoms. The van der Waals surface area contributed by atoms with Crippen LogP contribution < -0.4 is 0 Å². The highest BCUT2D eigenvalue weighted by atomic mass is 32.1. The minimum atomic E-state index is 0.533. The van der Waals surface area contributed by atoms with Crippen LogP contribution in [0.1, 0.15) is 33.6 Å². The quantitative estimate of drug-likeness (QED) is 0.542. The number of fused-ring (bicyclic) bond motifs is 1. The van der Waals surface area contributed by atoms with Crippen LogP contribution in [0, 0.1) is 22.7 Å². The number of rotatable bonds is 3. The molecule has 0 radical (unpaired) electrons. The molecule has 3 atom stereocenters. The zero-order chi connectivity index (χ0) is 10.8. The fraction of sp³-hybridized carbons (Fsp3) is 0.714. The van der Waals surface area contributed by atoms with Gasteiger partial charge in [0.05, 0.1) is 0 Å². The lowest BCUT2D eigenvalue weighted by Gasteiger charge is -2.31. The second-order valence-corrected chi connectivity index (χ2v) is 6.41. The first kappa shape index (κ1) is 10.0. The standard InChI is InChI=1S/C14H20S/c1-4-5-6-7-9-8-10(15)12-13(2)11(9)14(12,13)3/h4-5,8,10-12,15H,6-7H2,1-3H3. The Morgan fingerprint density at radius 3 is 2.60 bits per heavy atom. The second-order valence-electron chi connectivity index (χ2n) is 5.82. The average molecular weight is 220 g/mol. The SMILES string of the molecule is CC=CCCC1=CC(S)C2C3(C)C1C23C. The van der Waals surface area contributed by atoms with Crippen molar-refractivity contribution in [1.29, 1.82) is 0 Å². The molecule has 0 amide bonds. The smallest absolute Gasteiger partial charge is 0.0239 e. The van der Waals surface area contributed by atoms with E-state index in [1.807, 2.05) is 0 Å². The number of hydrogen-bond acceptors (Lipinski definition) is 1. The van der Waals surface area contributed by atoms with Gasteiger partial charge in [-0.2, -0.15) is 12.6 Å². The van der Waals surface area contributed by atoms with Crippen molar-refractivity contribution in [2.24, 2.45) is 22.7 Å². The van der Waals surface area contributed by atoms with Gasteiger partial charge in [-0.15, -0.1) is 0 Å². The Balaban J connectivity index is 1.76. The maximum Gasteiger partial charge on any atom is 0.0239 e. The van der Waals surface area contributed by atoms with Crippen LogP contribution in [0.5, 0.6) is 0 Å². The predicted octanol–water partition coefficient (Wildman–Crippen LogP) is 3.85. The third-order valence-corrected chi connectivity index (χ3v) is 5.87. The van der Waals surface area contributed by atoms with E-state index < -0.39 is 0 Å². The first-order chi connectivity index (χ1) is 7.08. The topological polar surface area (TPSA) is 0 Å². The summed E-state index contributed by atoms with van der Waals surface area (Å²) in [4.78, 5) is 0. The molecule has 15 heavy (non-hydrogen) atoms. The molecule has 4 rings (SSSR count). The lowest BCUT2D eigenvalue weighted by atomic mass is 9.77. The van der Waals surface area contributed by atoms with E-state index in [-0.39, 0.29) is 0 Å². The number of hydrogen-bond donors (Lipinski definition) is 1. The van der Waals surface area contributed by atoms with E-state index in [2.05, 4.69) is 39.0 Å². The van der Waals surface area contributed by atoms with Gasteiger partial charge in [-0.3, -0.25) is 0 Å². The Kier molecular flexibility index (Phi) is 1.83. The first-order valence-corrected chi connectivity index (χ1v) is 6.60. The third kappa shape index (κ3) is 0.921. The van der Waals surface area contributed by atoms with E-state index in [0.29, 0.717) is 16.1 Å². The van der Waals surface area contributed by atoms with Crippen molar-refractivity contribution in [2.45, 2.75) is 38.9 Å². The van der Waals surface area contributed by atoms with Crippen LogP contribution in [-0.4, -0.2) is 5.25 Å². The summed E-state index contributed by atoms with van der Waals surface area (Å²) < 4.78 is 0. The average Bonchev–Trinajstić information content (AvgIpc) is 2.85. The second kappa shape index (κ2) is 2.74. The molecule has 82 valence electrons. The van der Waals surface area contributed by atoms with E-state index >= 15 is 0 Å². The summed E-state index contributed by atoms with van der Waals surface area (Å²) in [5.74, 6) is 1.78. The lowest BCUT2D eigenvalue weighted by molar-refractivity contribution is 0.366. The summed E-state index contributed by atoms with van der Waals surface area (Å²) in [6.07, 6.45) is 9.33. The van der Waals surface area contributed by atoms with Crippen molar-refractivity contribution in [3.8, 4) is 0 Å². The zero-order valence-electron chi connectivity index (χ0n) is 9.83. The fourth-order valence-corrected chi connectivity index (χ4v) is 5.36. The van der Waals surface area contributed by atoms with E-state index in [1.165, 1.54) is 12.8 Å². The minimum Gasteiger partial charge on any atom is -0.171 e. The Morgan fingerprint density at radius 1 is 1.40 bits per heavy atom. The zero-order valence-corrected chi connectivity index (χ0v) is 10.7. The maximum absolute atomic E-state index is 4.73. The predicted molar refractivity (Wildman–Crippen MR) is 68.1 cm³/mol. The molecule has 0 aliphatic heterocycles. The molecular weight excluding hydrogens is 200 g/mol. The number of allylic oxidation sites excluding steroid dienone is 3. The van der Waals surface area contributed by atoms with Crippen LogP contribution in [0.25, 0.3) is 0 Å². The molecular formula is C14H20S. The van der Waals surface area contributed by atoms with E-state index in [4.69, 9.17) is 12.6 Å². The van der Waals surface area contributed by atoms with Crippen molar-refractivity contribution in [1.82, 2.24) is 0 Å². The fourth-order valence-electron chi connectivity index (χ4n) is 4.55. The van der Waals surface area contributed by atoms with Crippen LogP contribution in [0.15, 0.2) is 23.8 Å². The minimum absolute atomic E-state index is 0.533. The largest absolute Gasteiger partial charge is 0.171 e. The van der Waals surface area contributed by atoms with Crippen molar-refractivity contribution in [2.75, 3.05) is 0 Å². The third-order valence-electron chi connectivity index (χ3n) is 5.42. The summed E-state index contributed by atoms with van der Waals surface area (Å²) >= 11 is 4.73. The lowest BCUT2D eigenvalue weighted by Crippen LogP contribution is -2.26. The summed E-state index contributed by atoms with van der Waals surface area (Å²) in [7, 11) is 0. The summed E-state index contributed by atoms with van der Waals surface area (Å²) in [6.45, 7) is 7.03. The molecule has 2 fully saturated rings. The molecule has 0 N–H and O–H groups in total. The monoisotopic (exact) mass is 220 g/mol. The molecule has 0 saturated heterocycles. The van der Waals surface area contributed by atoms with Gasteiger partial charge in [0.25, 0.3) is 0 Å². The van der Waals surface area contributed by atoms with Crippen molar-refractivity contribution < 1.29 is 0 Å². The molecule has 2 saturated carbocycles. The van der Waals surface area contributed by atoms with Crippen LogP contribution >= 0.6 is 12.6 Å². The van der Waals surface area contributed by atoms with Gasteiger partial charge in [0.15, 0.2) is 0 Å². The van der Waals surface area contributed by atoms with Gasteiger partial charge in [-0.05, 0) is 42.4 Å². The Labute approximate surface area is 98.2 Å². The highest BCUT2D eigenvalue weighted by Crippen LogP contribution is 2.97. The van der Waals surface area contributed by atoms with Crippen molar-refractivity contribution in [3.63, 3.8) is 0 Å². The van der Waals surface area contributed by atoms with Gasteiger partial charge < -0.3 is 0 Å². The van der Waals surface area contributed by atoms with E-state index in [0.717, 1.165) is 11.8 Å².